The maximum Gasteiger partial charge on any atom is 0.246 e. The lowest BCUT2D eigenvalue weighted by molar-refractivity contribution is 0.224. The second-order valence-corrected chi connectivity index (χ2v) is 8.92. The van der Waals surface area contributed by atoms with Crippen LogP contribution in [0.4, 0.5) is 0 Å². The molecule has 0 spiro atoms. The van der Waals surface area contributed by atoms with Crippen LogP contribution in [0.5, 0.6) is 0 Å². The first-order valence-electron chi connectivity index (χ1n) is 7.10. The van der Waals surface area contributed by atoms with Crippen molar-refractivity contribution in [3.63, 3.8) is 0 Å². The van der Waals surface area contributed by atoms with Crippen LogP contribution in [-0.2, 0) is 16.6 Å². The average Bonchev–Trinajstić information content (AvgIpc) is 3.25. The predicted molar refractivity (Wildman–Crippen MR) is 92.7 cm³/mol. The number of aliphatic hydroxyl groups is 1. The second-order valence-electron chi connectivity index (χ2n) is 5.24. The summed E-state index contributed by atoms with van der Waals surface area (Å²) in [6, 6.07) is 5.49. The summed E-state index contributed by atoms with van der Waals surface area (Å²) in [5, 5.41) is 17.8. The van der Waals surface area contributed by atoms with Crippen LogP contribution < -0.4 is 4.72 Å². The molecule has 0 aromatic carbocycles. The van der Waals surface area contributed by atoms with E-state index in [2.05, 4.69) is 9.88 Å². The zero-order chi connectivity index (χ0) is 17.3. The summed E-state index contributed by atoms with van der Waals surface area (Å²) in [5.41, 5.74) is 1.17. The van der Waals surface area contributed by atoms with Gasteiger partial charge in [0.1, 0.15) is 16.7 Å². The summed E-state index contributed by atoms with van der Waals surface area (Å²) in [6.07, 6.45) is -0.686. The van der Waals surface area contributed by atoms with E-state index in [-0.39, 0.29) is 17.2 Å². The molecule has 0 radical (unpaired) electrons. The van der Waals surface area contributed by atoms with E-state index in [0.717, 1.165) is 15.3 Å². The van der Waals surface area contributed by atoms with Crippen LogP contribution in [0.15, 0.2) is 38.4 Å². The number of hydrogen-bond acceptors (Lipinski definition) is 7. The molecule has 0 aliphatic rings. The number of thiophene rings is 2. The molecular formula is C15H16N2O4S3. The van der Waals surface area contributed by atoms with Gasteiger partial charge in [-0.3, -0.25) is 0 Å². The molecule has 0 fully saturated rings. The summed E-state index contributed by atoms with van der Waals surface area (Å²) < 4.78 is 32.2. The highest BCUT2D eigenvalue weighted by Gasteiger charge is 2.24. The largest absolute Gasteiger partial charge is 0.383 e. The quantitative estimate of drug-likeness (QED) is 0.682. The zero-order valence-electron chi connectivity index (χ0n) is 13.0. The standard InChI is InChI=1S/C15H16N2O4S3/c1-9-15(10(2)21-17-9)24(19,20)16-7-12-3-4-13(23-12)14(18)11-5-6-22-8-11/h3-6,8,14,16,18H,7H2,1-2H3. The highest BCUT2D eigenvalue weighted by molar-refractivity contribution is 7.89. The van der Waals surface area contributed by atoms with Gasteiger partial charge in [-0.15, -0.1) is 11.3 Å². The Bertz CT molecular complexity index is 906. The molecule has 0 saturated heterocycles. The first kappa shape index (κ1) is 17.3. The highest BCUT2D eigenvalue weighted by atomic mass is 32.2. The molecule has 3 heterocycles. The number of nitrogens with one attached hydrogen (secondary N) is 1. The molecule has 0 aliphatic carbocycles. The van der Waals surface area contributed by atoms with Gasteiger partial charge in [-0.25, -0.2) is 13.1 Å². The lowest BCUT2D eigenvalue weighted by atomic mass is 10.2. The van der Waals surface area contributed by atoms with E-state index in [1.54, 1.807) is 13.8 Å². The van der Waals surface area contributed by atoms with Crippen LogP contribution in [0, 0.1) is 13.8 Å². The number of aliphatic hydroxyl groups excluding tert-OH is 1. The summed E-state index contributed by atoms with van der Waals surface area (Å²) in [6.45, 7) is 3.30. The van der Waals surface area contributed by atoms with Gasteiger partial charge in [0.15, 0.2) is 5.76 Å². The lowest BCUT2D eigenvalue weighted by Gasteiger charge is -2.06. The molecule has 0 amide bonds. The Balaban J connectivity index is 1.72. The van der Waals surface area contributed by atoms with Gasteiger partial charge < -0.3 is 9.63 Å². The van der Waals surface area contributed by atoms with E-state index in [1.165, 1.54) is 22.7 Å². The molecule has 3 aromatic heterocycles. The van der Waals surface area contributed by atoms with Crippen LogP contribution in [-0.4, -0.2) is 18.7 Å². The third-order valence-electron chi connectivity index (χ3n) is 3.48. The maximum absolute atomic E-state index is 12.4. The van der Waals surface area contributed by atoms with Gasteiger partial charge in [-0.05, 0) is 48.4 Å². The molecule has 1 atom stereocenters. The third-order valence-corrected chi connectivity index (χ3v) is 6.97. The lowest BCUT2D eigenvalue weighted by Crippen LogP contribution is -2.23. The van der Waals surface area contributed by atoms with E-state index in [0.29, 0.717) is 5.69 Å². The minimum atomic E-state index is -3.69. The summed E-state index contributed by atoms with van der Waals surface area (Å²) >= 11 is 2.90. The first-order chi connectivity index (χ1) is 11.4. The number of rotatable bonds is 6. The molecule has 3 aromatic rings. The Morgan fingerprint density at radius 3 is 2.75 bits per heavy atom. The van der Waals surface area contributed by atoms with Crippen molar-refractivity contribution in [2.45, 2.75) is 31.4 Å². The molecule has 0 saturated carbocycles. The van der Waals surface area contributed by atoms with Crippen LogP contribution in [0.2, 0.25) is 0 Å². The van der Waals surface area contributed by atoms with Crippen LogP contribution in [0.25, 0.3) is 0 Å². The molecule has 24 heavy (non-hydrogen) atoms. The molecule has 2 N–H and O–H groups in total. The monoisotopic (exact) mass is 384 g/mol. The summed E-state index contributed by atoms with van der Waals surface area (Å²) in [7, 11) is -3.69. The Kier molecular flexibility index (Phi) is 4.88. The van der Waals surface area contributed by atoms with Crippen molar-refractivity contribution in [1.29, 1.82) is 0 Å². The Morgan fingerprint density at radius 2 is 2.12 bits per heavy atom. The normalized spacial score (nSPS) is 13.3. The van der Waals surface area contributed by atoms with Gasteiger partial charge in [-0.2, -0.15) is 11.3 Å². The molecule has 0 aliphatic heterocycles. The predicted octanol–water partition coefficient (Wildman–Crippen LogP) is 2.97. The van der Waals surface area contributed by atoms with Crippen molar-refractivity contribution in [3.8, 4) is 0 Å². The Morgan fingerprint density at radius 1 is 1.33 bits per heavy atom. The van der Waals surface area contributed by atoms with Gasteiger partial charge in [0.05, 0.1) is 0 Å². The number of aryl methyl sites for hydroxylation is 2. The third kappa shape index (κ3) is 3.45. The minimum Gasteiger partial charge on any atom is -0.383 e. The van der Waals surface area contributed by atoms with E-state index in [9.17, 15) is 13.5 Å². The summed E-state index contributed by atoms with van der Waals surface area (Å²) in [5.74, 6) is 0.264. The van der Waals surface area contributed by atoms with Crippen molar-refractivity contribution < 1.29 is 18.0 Å². The van der Waals surface area contributed by atoms with Crippen molar-refractivity contribution in [3.05, 3.63) is 55.7 Å². The number of nitrogens with zero attached hydrogens (tertiary/aromatic N) is 1. The number of aromatic nitrogens is 1. The van der Waals surface area contributed by atoms with Crippen molar-refractivity contribution in [1.82, 2.24) is 9.88 Å². The zero-order valence-corrected chi connectivity index (χ0v) is 15.5. The average molecular weight is 385 g/mol. The smallest absolute Gasteiger partial charge is 0.246 e. The van der Waals surface area contributed by atoms with E-state index < -0.39 is 16.1 Å². The first-order valence-corrected chi connectivity index (χ1v) is 10.3. The molecule has 1 unspecified atom stereocenters. The van der Waals surface area contributed by atoms with Crippen LogP contribution >= 0.6 is 22.7 Å². The fourth-order valence-corrected chi connectivity index (χ4v) is 5.40. The van der Waals surface area contributed by atoms with Gasteiger partial charge in [0.25, 0.3) is 0 Å². The Labute approximate surface area is 147 Å². The van der Waals surface area contributed by atoms with Crippen LogP contribution in [0.1, 0.15) is 32.9 Å². The SMILES string of the molecule is Cc1noc(C)c1S(=O)(=O)NCc1ccc(C(O)c2ccsc2)s1. The van der Waals surface area contributed by atoms with Gasteiger partial charge in [-0.1, -0.05) is 5.16 Å². The van der Waals surface area contributed by atoms with Gasteiger partial charge >= 0.3 is 0 Å². The van der Waals surface area contributed by atoms with Gasteiger partial charge in [0, 0.05) is 16.3 Å². The topological polar surface area (TPSA) is 92.4 Å². The molecule has 3 rings (SSSR count). The highest BCUT2D eigenvalue weighted by Crippen LogP contribution is 2.30. The number of hydrogen-bond donors (Lipinski definition) is 2. The fourth-order valence-electron chi connectivity index (χ4n) is 2.33. The molecular weight excluding hydrogens is 368 g/mol. The van der Waals surface area contributed by atoms with Crippen molar-refractivity contribution >= 4 is 32.7 Å². The summed E-state index contributed by atoms with van der Waals surface area (Å²) in [4.78, 5) is 1.67. The van der Waals surface area contributed by atoms with Crippen LogP contribution in [0.3, 0.4) is 0 Å². The fraction of sp³-hybridized carbons (Fsp3) is 0.267. The second kappa shape index (κ2) is 6.77. The van der Waals surface area contributed by atoms with E-state index in [1.807, 2.05) is 29.0 Å². The van der Waals surface area contributed by atoms with Gasteiger partial charge in [0.2, 0.25) is 10.0 Å². The van der Waals surface area contributed by atoms with E-state index in [4.69, 9.17) is 4.52 Å². The molecule has 0 bridgehead atoms. The minimum absolute atomic E-state index is 0.0811. The van der Waals surface area contributed by atoms with Crippen molar-refractivity contribution in [2.24, 2.45) is 0 Å². The maximum atomic E-state index is 12.4. The number of sulfonamides is 1. The Hall–Kier alpha value is -1.52. The molecule has 128 valence electrons. The van der Waals surface area contributed by atoms with E-state index >= 15 is 0 Å². The molecule has 9 heteroatoms. The van der Waals surface area contributed by atoms with Crippen molar-refractivity contribution in [2.75, 3.05) is 0 Å². The molecule has 6 nitrogen and oxygen atoms in total.